The van der Waals surface area contributed by atoms with Crippen molar-refractivity contribution in [3.05, 3.63) is 58.4 Å². The number of hydrogen-bond acceptors (Lipinski definition) is 6. The number of fused-ring (bicyclic) bond motifs is 4. The van der Waals surface area contributed by atoms with Gasteiger partial charge in [0.05, 0.1) is 28.5 Å². The van der Waals surface area contributed by atoms with Gasteiger partial charge in [0.25, 0.3) is 5.91 Å². The van der Waals surface area contributed by atoms with E-state index in [9.17, 15) is 22.4 Å². The monoisotopic (exact) mass is 468 g/mol. The SMILES string of the molecule is O=C(c1cccc(C(F)(F)F)c1Cl)N1N=C(c2ncc(F)cn2)N2CC3CCCC(N3)C21. The smallest absolute Gasteiger partial charge is 0.327 e. The van der Waals surface area contributed by atoms with Crippen LogP contribution in [0.2, 0.25) is 5.02 Å². The molecule has 32 heavy (non-hydrogen) atoms. The Labute approximate surface area is 185 Å². The van der Waals surface area contributed by atoms with E-state index in [0.717, 1.165) is 48.8 Å². The maximum atomic E-state index is 13.4. The third-order valence-corrected chi connectivity index (χ3v) is 6.31. The summed E-state index contributed by atoms with van der Waals surface area (Å²) in [5.74, 6) is -0.990. The topological polar surface area (TPSA) is 73.7 Å². The highest BCUT2D eigenvalue weighted by Gasteiger charge is 2.49. The number of piperazine rings is 1. The summed E-state index contributed by atoms with van der Waals surface area (Å²) in [6.45, 7) is 0.501. The Morgan fingerprint density at radius 1 is 1.19 bits per heavy atom. The number of carbonyl (C=O) groups excluding carboxylic acids is 1. The molecule has 12 heteroatoms. The largest absolute Gasteiger partial charge is 0.417 e. The second kappa shape index (κ2) is 7.66. The van der Waals surface area contributed by atoms with E-state index in [4.69, 9.17) is 11.6 Å². The Kier molecular flexibility index (Phi) is 5.05. The van der Waals surface area contributed by atoms with Crippen LogP contribution in [0.15, 0.2) is 35.7 Å². The van der Waals surface area contributed by atoms with Gasteiger partial charge < -0.3 is 10.2 Å². The van der Waals surface area contributed by atoms with E-state index in [1.54, 1.807) is 0 Å². The summed E-state index contributed by atoms with van der Waals surface area (Å²) in [7, 11) is 0. The van der Waals surface area contributed by atoms with Gasteiger partial charge in [-0.2, -0.15) is 13.2 Å². The van der Waals surface area contributed by atoms with Crippen molar-refractivity contribution >= 4 is 23.3 Å². The van der Waals surface area contributed by atoms with Gasteiger partial charge in [0, 0.05) is 18.6 Å². The van der Waals surface area contributed by atoms with Gasteiger partial charge in [-0.25, -0.2) is 19.4 Å². The van der Waals surface area contributed by atoms with E-state index in [1.165, 1.54) is 6.07 Å². The maximum absolute atomic E-state index is 13.4. The summed E-state index contributed by atoms with van der Waals surface area (Å²) < 4.78 is 53.3. The molecule has 0 saturated carbocycles. The van der Waals surface area contributed by atoms with Crippen molar-refractivity contribution in [1.29, 1.82) is 0 Å². The molecule has 3 atom stereocenters. The number of aromatic nitrogens is 2. The molecule has 2 saturated heterocycles. The van der Waals surface area contributed by atoms with Gasteiger partial charge in [-0.05, 0) is 25.0 Å². The van der Waals surface area contributed by atoms with Gasteiger partial charge in [0.15, 0.2) is 17.5 Å². The van der Waals surface area contributed by atoms with Gasteiger partial charge in [-0.1, -0.05) is 24.1 Å². The van der Waals surface area contributed by atoms with Crippen molar-refractivity contribution in [3.63, 3.8) is 0 Å². The normalized spacial score (nSPS) is 24.9. The van der Waals surface area contributed by atoms with Crippen molar-refractivity contribution in [2.75, 3.05) is 6.54 Å². The van der Waals surface area contributed by atoms with Crippen molar-refractivity contribution in [2.24, 2.45) is 5.10 Å². The summed E-state index contributed by atoms with van der Waals surface area (Å²) in [6, 6.07) is 3.20. The van der Waals surface area contributed by atoms with Crippen LogP contribution in [-0.4, -0.2) is 56.4 Å². The summed E-state index contributed by atoms with van der Waals surface area (Å²) in [5.41, 5.74) is -1.39. The average Bonchev–Trinajstić information content (AvgIpc) is 3.13. The zero-order chi connectivity index (χ0) is 22.6. The van der Waals surface area contributed by atoms with Gasteiger partial charge in [0.2, 0.25) is 0 Å². The molecule has 5 rings (SSSR count). The van der Waals surface area contributed by atoms with E-state index in [-0.39, 0.29) is 29.3 Å². The third-order valence-electron chi connectivity index (χ3n) is 5.90. The maximum Gasteiger partial charge on any atom is 0.417 e. The van der Waals surface area contributed by atoms with E-state index >= 15 is 0 Å². The van der Waals surface area contributed by atoms with Crippen LogP contribution >= 0.6 is 11.6 Å². The number of carbonyl (C=O) groups is 1. The summed E-state index contributed by atoms with van der Waals surface area (Å²) in [4.78, 5) is 23.2. The number of hydrazone groups is 1. The molecule has 0 spiro atoms. The molecule has 168 valence electrons. The van der Waals surface area contributed by atoms with Crippen molar-refractivity contribution in [3.8, 4) is 0 Å². The lowest BCUT2D eigenvalue weighted by molar-refractivity contribution is -0.137. The summed E-state index contributed by atoms with van der Waals surface area (Å²) >= 11 is 6.01. The molecule has 2 aromatic rings. The second-order valence-electron chi connectivity index (χ2n) is 7.93. The number of amidine groups is 1. The second-order valence-corrected chi connectivity index (χ2v) is 8.31. The first kappa shape index (κ1) is 21.1. The van der Waals surface area contributed by atoms with Crippen molar-refractivity contribution in [1.82, 2.24) is 25.2 Å². The third kappa shape index (κ3) is 3.49. The highest BCUT2D eigenvalue weighted by Crippen LogP contribution is 2.38. The molecule has 1 aromatic heterocycles. The molecule has 2 fully saturated rings. The average molecular weight is 469 g/mol. The number of piperidine rings is 1. The lowest BCUT2D eigenvalue weighted by Crippen LogP contribution is -2.67. The Hall–Kier alpha value is -2.79. The molecule has 4 heterocycles. The molecule has 1 N–H and O–H groups in total. The van der Waals surface area contributed by atoms with Crippen LogP contribution in [0.1, 0.15) is 41.0 Å². The lowest BCUT2D eigenvalue weighted by atomic mass is 9.91. The van der Waals surface area contributed by atoms with Crippen LogP contribution in [0.5, 0.6) is 0 Å². The quantitative estimate of drug-likeness (QED) is 0.685. The molecule has 1 amide bonds. The molecule has 1 aromatic carbocycles. The van der Waals surface area contributed by atoms with E-state index < -0.39 is 34.7 Å². The minimum absolute atomic E-state index is 0.127. The first-order chi connectivity index (χ1) is 15.2. The summed E-state index contributed by atoms with van der Waals surface area (Å²) in [5, 5.41) is 8.33. The molecular formula is C20H17ClF4N6O. The predicted octanol–water partition coefficient (Wildman–Crippen LogP) is 3.26. The molecule has 2 bridgehead atoms. The van der Waals surface area contributed by atoms with Crippen LogP contribution in [-0.2, 0) is 6.18 Å². The zero-order valence-electron chi connectivity index (χ0n) is 16.5. The molecule has 3 aliphatic heterocycles. The number of nitrogens with zero attached hydrogens (tertiary/aromatic N) is 5. The molecule has 7 nitrogen and oxygen atoms in total. The summed E-state index contributed by atoms with van der Waals surface area (Å²) in [6.07, 6.45) is -0.664. The lowest BCUT2D eigenvalue weighted by Gasteiger charge is -2.47. The number of nitrogens with one attached hydrogen (secondary N) is 1. The number of alkyl halides is 3. The fourth-order valence-corrected chi connectivity index (χ4v) is 4.85. The van der Waals surface area contributed by atoms with Crippen molar-refractivity contribution < 1.29 is 22.4 Å². The van der Waals surface area contributed by atoms with Crippen LogP contribution in [0, 0.1) is 5.82 Å². The number of hydrogen-bond donors (Lipinski definition) is 1. The Morgan fingerprint density at radius 3 is 2.66 bits per heavy atom. The Bertz CT molecular complexity index is 1090. The standard InChI is InChI=1S/C20H17ClF4N6O/c21-15-12(4-2-5-13(15)20(23,24)25)19(32)31-18-14-6-1-3-11(28-14)9-30(18)17(29-31)16-26-7-10(22)8-27-16/h2,4-5,7-8,11,14,18,28H,1,3,6,9H2. The van der Waals surface area contributed by atoms with Gasteiger partial charge >= 0.3 is 6.18 Å². The Morgan fingerprint density at radius 2 is 1.94 bits per heavy atom. The predicted molar refractivity (Wildman–Crippen MR) is 106 cm³/mol. The van der Waals surface area contributed by atoms with E-state index in [0.29, 0.717) is 6.54 Å². The van der Waals surface area contributed by atoms with Crippen LogP contribution in [0.4, 0.5) is 17.6 Å². The fraction of sp³-hybridized carbons (Fsp3) is 0.400. The highest BCUT2D eigenvalue weighted by molar-refractivity contribution is 6.34. The minimum Gasteiger partial charge on any atom is -0.327 e. The van der Waals surface area contributed by atoms with Crippen LogP contribution < -0.4 is 5.32 Å². The van der Waals surface area contributed by atoms with Crippen LogP contribution in [0.25, 0.3) is 0 Å². The number of halogens is 5. The number of rotatable bonds is 2. The molecule has 3 aliphatic rings. The molecule has 0 radical (unpaired) electrons. The highest BCUT2D eigenvalue weighted by atomic mass is 35.5. The van der Waals surface area contributed by atoms with Gasteiger partial charge in [-0.3, -0.25) is 4.79 Å². The molecule has 3 unspecified atom stereocenters. The van der Waals surface area contributed by atoms with Crippen molar-refractivity contribution in [2.45, 2.75) is 43.7 Å². The van der Waals surface area contributed by atoms with E-state index in [2.05, 4.69) is 20.4 Å². The first-order valence-electron chi connectivity index (χ1n) is 10.0. The van der Waals surface area contributed by atoms with Crippen LogP contribution in [0.3, 0.4) is 0 Å². The zero-order valence-corrected chi connectivity index (χ0v) is 17.2. The van der Waals surface area contributed by atoms with Gasteiger partial charge in [0.1, 0.15) is 6.17 Å². The number of amides is 1. The Balaban J connectivity index is 1.57. The van der Waals surface area contributed by atoms with E-state index in [1.807, 2.05) is 4.90 Å². The van der Waals surface area contributed by atoms with Gasteiger partial charge in [-0.15, -0.1) is 5.10 Å². The first-order valence-corrected chi connectivity index (χ1v) is 10.4. The molecule has 0 aliphatic carbocycles. The number of benzene rings is 1. The molecular weight excluding hydrogens is 452 g/mol. The minimum atomic E-state index is -4.70. The fourth-order valence-electron chi connectivity index (χ4n) is 4.53.